The van der Waals surface area contributed by atoms with Crippen molar-refractivity contribution in [2.45, 2.75) is 13.3 Å². The van der Waals surface area contributed by atoms with Crippen molar-refractivity contribution >= 4 is 40.1 Å². The number of aliphatic carboxylic acids is 1. The second-order valence-corrected chi connectivity index (χ2v) is 7.86. The summed E-state index contributed by atoms with van der Waals surface area (Å²) in [6.07, 6.45) is 0.0978. The molecule has 1 heterocycles. The van der Waals surface area contributed by atoms with Gasteiger partial charge in [0.25, 0.3) is 0 Å². The Morgan fingerprint density at radius 1 is 0.939 bits per heavy atom. The summed E-state index contributed by atoms with van der Waals surface area (Å²) in [5.41, 5.74) is 3.70. The predicted octanol–water partition coefficient (Wildman–Crippen LogP) is 0.641. The van der Waals surface area contributed by atoms with Crippen LogP contribution in [0.1, 0.15) is 27.0 Å². The Hall–Kier alpha value is -2.84. The molecular weight excluding hydrogens is 447 g/mol. The number of allylic oxidation sites excluding steroid dienone is 1. The summed E-state index contributed by atoms with van der Waals surface area (Å²) in [5, 5.41) is 12.3. The third-order valence-electron chi connectivity index (χ3n) is 5.15. The first-order valence-corrected chi connectivity index (χ1v) is 10.6. The summed E-state index contributed by atoms with van der Waals surface area (Å²) >= 11 is 1.04. The predicted molar refractivity (Wildman–Crippen MR) is 122 cm³/mol. The number of carbonyl (C=O) groups is 2. The summed E-state index contributed by atoms with van der Waals surface area (Å²) in [7, 11) is 1.55. The van der Waals surface area contributed by atoms with Crippen LogP contribution in [0.3, 0.4) is 0 Å². The Kier molecular flexibility index (Phi) is 8.15. The van der Waals surface area contributed by atoms with Gasteiger partial charge in [0.15, 0.2) is 5.78 Å². The van der Waals surface area contributed by atoms with E-state index in [-0.39, 0.29) is 52.9 Å². The number of aryl methyl sites for hydroxylation is 1. The zero-order chi connectivity index (χ0) is 22.7. The van der Waals surface area contributed by atoms with Crippen molar-refractivity contribution in [3.8, 4) is 5.75 Å². The Balaban J connectivity index is 0.00000306. The smallest absolute Gasteiger partial charge is 0.545 e. The third-order valence-corrected chi connectivity index (χ3v) is 5.71. The van der Waals surface area contributed by atoms with Crippen molar-refractivity contribution in [1.82, 2.24) is 8.75 Å². The maximum absolute atomic E-state index is 13.5. The molecule has 33 heavy (non-hydrogen) atoms. The molecule has 0 aliphatic rings. The van der Waals surface area contributed by atoms with Crippen LogP contribution in [0.15, 0.2) is 72.3 Å². The zero-order valence-corrected chi connectivity index (χ0v) is 21.3. The molecule has 0 N–H and O–H groups in total. The molecule has 0 spiro atoms. The number of carboxylic acids is 1. The fourth-order valence-electron chi connectivity index (χ4n) is 3.50. The van der Waals surface area contributed by atoms with Crippen LogP contribution in [0.2, 0.25) is 0 Å². The molecule has 0 unspecified atom stereocenters. The molecule has 0 saturated carbocycles. The average Bonchev–Trinajstić information content (AvgIpc) is 3.26. The van der Waals surface area contributed by atoms with Gasteiger partial charge in [-0.15, -0.1) is 0 Å². The van der Waals surface area contributed by atoms with Crippen LogP contribution in [0.25, 0.3) is 16.6 Å². The van der Waals surface area contributed by atoms with Crippen molar-refractivity contribution in [2.75, 3.05) is 7.11 Å². The summed E-state index contributed by atoms with van der Waals surface area (Å²) in [4.78, 5) is 25.9. The molecule has 0 amide bonds. The summed E-state index contributed by atoms with van der Waals surface area (Å²) in [6.45, 7) is 1.92. The van der Waals surface area contributed by atoms with Crippen LogP contribution in [0.4, 0.5) is 0 Å². The number of carbonyl (C=O) groups excluding carboxylic acids is 2. The van der Waals surface area contributed by atoms with Crippen LogP contribution in [0.5, 0.6) is 5.75 Å². The molecule has 1 aromatic heterocycles. The molecule has 8 heteroatoms. The Morgan fingerprint density at radius 2 is 1.64 bits per heavy atom. The van der Waals surface area contributed by atoms with Gasteiger partial charge < -0.3 is 14.6 Å². The van der Waals surface area contributed by atoms with Gasteiger partial charge in [-0.2, -0.15) is 8.75 Å². The normalized spacial score (nSPS) is 11.5. The molecule has 0 aliphatic heterocycles. The van der Waals surface area contributed by atoms with E-state index in [2.05, 4.69) is 8.75 Å². The number of methoxy groups -OCH3 is 1. The number of ether oxygens (including phenoxy) is 1. The first-order valence-electron chi connectivity index (χ1n) is 9.87. The van der Waals surface area contributed by atoms with E-state index in [4.69, 9.17) is 4.74 Å². The van der Waals surface area contributed by atoms with Crippen LogP contribution >= 0.6 is 11.7 Å². The molecule has 3 aromatic carbocycles. The summed E-state index contributed by atoms with van der Waals surface area (Å²) < 4.78 is 13.6. The minimum absolute atomic E-state index is 0. The molecule has 6 nitrogen and oxygen atoms in total. The van der Waals surface area contributed by atoms with Crippen molar-refractivity contribution in [3.05, 3.63) is 94.6 Å². The average molecular weight is 466 g/mol. The van der Waals surface area contributed by atoms with Crippen LogP contribution < -0.4 is 39.4 Å². The maximum Gasteiger partial charge on any atom is 1.00 e. The minimum Gasteiger partial charge on any atom is -0.545 e. The van der Waals surface area contributed by atoms with Gasteiger partial charge in [-0.3, -0.25) is 4.79 Å². The van der Waals surface area contributed by atoms with Gasteiger partial charge in [-0.05, 0) is 42.3 Å². The molecule has 4 aromatic rings. The van der Waals surface area contributed by atoms with E-state index in [0.717, 1.165) is 22.9 Å². The van der Waals surface area contributed by atoms with E-state index in [9.17, 15) is 14.7 Å². The maximum atomic E-state index is 13.5. The zero-order valence-electron chi connectivity index (χ0n) is 18.5. The second-order valence-electron chi connectivity index (χ2n) is 7.33. The van der Waals surface area contributed by atoms with Crippen LogP contribution in [-0.4, -0.2) is 27.6 Å². The topological polar surface area (TPSA) is 92.2 Å². The van der Waals surface area contributed by atoms with Gasteiger partial charge in [0.05, 0.1) is 24.8 Å². The number of hydrogen-bond acceptors (Lipinski definition) is 7. The number of Topliss-reactive ketones (excluding diaryl/α,β-unsaturated/α-hetero) is 1. The number of benzene rings is 3. The van der Waals surface area contributed by atoms with Crippen molar-refractivity contribution in [1.29, 1.82) is 0 Å². The quantitative estimate of drug-likeness (QED) is 0.226. The van der Waals surface area contributed by atoms with E-state index in [1.54, 1.807) is 55.6 Å². The molecule has 0 saturated heterocycles. The second kappa shape index (κ2) is 10.9. The molecule has 0 atom stereocenters. The monoisotopic (exact) mass is 466 g/mol. The number of carboxylic acid groups (broad SMARTS) is 1. The number of nitrogens with zero attached hydrogens (tertiary/aromatic N) is 2. The number of ketones is 1. The minimum atomic E-state index is -1.43. The summed E-state index contributed by atoms with van der Waals surface area (Å²) in [6, 6.07) is 19.2. The standard InChI is InChI=1S/C25H20N2O4S.Na/c1-15-6-8-17(9-7-15)24(28)20(13-16-4-3-5-19(12-16)31-2)23(25(29)30)18-10-11-21-22(14-18)27-32-26-21;/h3-12,14H,13H2,1-2H3,(H,29,30);/q;+1/p-1. The van der Waals surface area contributed by atoms with E-state index >= 15 is 0 Å². The van der Waals surface area contributed by atoms with Crippen molar-refractivity contribution in [2.24, 2.45) is 0 Å². The Labute approximate surface area is 217 Å². The molecule has 0 radical (unpaired) electrons. The molecule has 160 valence electrons. The van der Waals surface area contributed by atoms with Gasteiger partial charge in [0, 0.05) is 23.1 Å². The Bertz CT molecular complexity index is 1350. The fourth-order valence-corrected chi connectivity index (χ4v) is 4.02. The first-order chi connectivity index (χ1) is 15.5. The van der Waals surface area contributed by atoms with Crippen molar-refractivity contribution in [3.63, 3.8) is 0 Å². The first kappa shape index (κ1) is 24.8. The van der Waals surface area contributed by atoms with E-state index in [1.165, 1.54) is 0 Å². The molecule has 4 rings (SSSR count). The van der Waals surface area contributed by atoms with Crippen LogP contribution in [-0.2, 0) is 11.2 Å². The van der Waals surface area contributed by atoms with E-state index in [1.807, 2.05) is 25.1 Å². The van der Waals surface area contributed by atoms with Crippen LogP contribution in [0, 0.1) is 6.92 Å². The molecule has 0 bridgehead atoms. The van der Waals surface area contributed by atoms with Gasteiger partial charge in [-0.1, -0.05) is 48.0 Å². The molecule has 0 fully saturated rings. The SMILES string of the molecule is COc1cccc(CC(C(=O)c2ccc(C)cc2)=C(C(=O)[O-])c2ccc3nsnc3c2)c1.[Na+]. The number of hydrogen-bond donors (Lipinski definition) is 0. The Morgan fingerprint density at radius 3 is 2.33 bits per heavy atom. The third kappa shape index (κ3) is 5.57. The van der Waals surface area contributed by atoms with Gasteiger partial charge in [0.2, 0.25) is 0 Å². The molecule has 0 aliphatic carbocycles. The number of aromatic nitrogens is 2. The number of rotatable bonds is 7. The number of fused-ring (bicyclic) bond motifs is 1. The van der Waals surface area contributed by atoms with Crippen molar-refractivity contribution < 1.29 is 49.0 Å². The van der Waals surface area contributed by atoms with Gasteiger partial charge in [-0.25, -0.2) is 0 Å². The largest absolute Gasteiger partial charge is 1.00 e. The van der Waals surface area contributed by atoms with Gasteiger partial charge >= 0.3 is 29.6 Å². The van der Waals surface area contributed by atoms with E-state index in [0.29, 0.717) is 27.9 Å². The van der Waals surface area contributed by atoms with Gasteiger partial charge in [0.1, 0.15) is 16.8 Å². The molecular formula is C25H19N2NaO4S. The fraction of sp³-hybridized carbons (Fsp3) is 0.120. The summed E-state index contributed by atoms with van der Waals surface area (Å²) in [5.74, 6) is -1.18. The van der Waals surface area contributed by atoms with E-state index < -0.39 is 5.97 Å².